The summed E-state index contributed by atoms with van der Waals surface area (Å²) in [5.41, 5.74) is 0. The van der Waals surface area contributed by atoms with E-state index in [9.17, 15) is 17.6 Å². The average Bonchev–Trinajstić information content (AvgIpc) is 2.28. The summed E-state index contributed by atoms with van der Waals surface area (Å²) in [5, 5.41) is 16.5. The molecule has 1 aromatic rings. The van der Waals surface area contributed by atoms with Crippen LogP contribution in [0.2, 0.25) is 0 Å². The Morgan fingerprint density at radius 3 is 2.78 bits per heavy atom. The second-order valence-electron chi connectivity index (χ2n) is 3.33. The van der Waals surface area contributed by atoms with Crippen LogP contribution in [0.1, 0.15) is 6.42 Å². The zero-order valence-corrected chi connectivity index (χ0v) is 9.89. The molecule has 0 aliphatic rings. The molecule has 0 fully saturated rings. The highest BCUT2D eigenvalue weighted by molar-refractivity contribution is 7.89. The first-order chi connectivity index (χ1) is 8.34. The molecule has 0 spiro atoms. The number of aromatic nitrogens is 1. The van der Waals surface area contributed by atoms with Crippen LogP contribution in [0.3, 0.4) is 0 Å². The van der Waals surface area contributed by atoms with E-state index in [0.717, 1.165) is 12.3 Å². The minimum Gasteiger partial charge on any atom is -0.479 e. The zero-order chi connectivity index (χ0) is 13.8. The molecule has 0 unspecified atom stereocenters. The maximum atomic E-state index is 13.2. The Morgan fingerprint density at radius 1 is 1.56 bits per heavy atom. The number of aliphatic hydroxyl groups is 1. The van der Waals surface area contributed by atoms with Gasteiger partial charge in [0, 0.05) is 12.7 Å². The maximum absolute atomic E-state index is 13.2. The summed E-state index contributed by atoms with van der Waals surface area (Å²) < 4.78 is 38.2. The molecule has 0 bridgehead atoms. The largest absolute Gasteiger partial charge is 0.479 e. The minimum atomic E-state index is -4.15. The Hall–Kier alpha value is -1.58. The van der Waals surface area contributed by atoms with Gasteiger partial charge in [-0.3, -0.25) is 0 Å². The molecule has 3 N–H and O–H groups in total. The Morgan fingerprint density at radius 2 is 2.22 bits per heavy atom. The molecule has 0 aromatic carbocycles. The summed E-state index contributed by atoms with van der Waals surface area (Å²) in [6.45, 7) is -0.341. The molecule has 1 rings (SSSR count). The number of nitrogens with zero attached hydrogens (tertiary/aromatic N) is 1. The van der Waals surface area contributed by atoms with Crippen molar-refractivity contribution in [3.63, 3.8) is 0 Å². The van der Waals surface area contributed by atoms with Crippen molar-refractivity contribution >= 4 is 16.0 Å². The normalized spacial score (nSPS) is 13.2. The highest BCUT2D eigenvalue weighted by atomic mass is 32.2. The number of aliphatic carboxylic acids is 1. The van der Waals surface area contributed by atoms with Crippen LogP contribution in [0, 0.1) is 5.82 Å². The minimum absolute atomic E-state index is 0.330. The SMILES string of the molecule is O=C(O)[C@@H](O)CCNS(=O)(=O)c1ncccc1F. The van der Waals surface area contributed by atoms with E-state index in [1.54, 1.807) is 0 Å². The Labute approximate surface area is 102 Å². The average molecular weight is 278 g/mol. The Bertz CT molecular complexity index is 534. The molecule has 9 heteroatoms. The topological polar surface area (TPSA) is 117 Å². The van der Waals surface area contributed by atoms with Gasteiger partial charge in [-0.2, -0.15) is 0 Å². The second-order valence-corrected chi connectivity index (χ2v) is 5.01. The lowest BCUT2D eigenvalue weighted by Gasteiger charge is -2.08. The zero-order valence-electron chi connectivity index (χ0n) is 9.08. The number of carbonyl (C=O) groups is 1. The molecule has 0 aliphatic heterocycles. The molecule has 100 valence electrons. The number of hydrogen-bond acceptors (Lipinski definition) is 5. The molecule has 0 radical (unpaired) electrons. The second kappa shape index (κ2) is 5.85. The van der Waals surface area contributed by atoms with Gasteiger partial charge in [0.25, 0.3) is 10.0 Å². The summed E-state index contributed by atoms with van der Waals surface area (Å²) in [6, 6.07) is 2.18. The number of halogens is 1. The third-order valence-electron chi connectivity index (χ3n) is 1.97. The molecule has 0 saturated carbocycles. The van der Waals surface area contributed by atoms with E-state index in [0.29, 0.717) is 0 Å². The van der Waals surface area contributed by atoms with E-state index < -0.39 is 32.9 Å². The van der Waals surface area contributed by atoms with Crippen LogP contribution < -0.4 is 4.72 Å². The van der Waals surface area contributed by atoms with E-state index in [2.05, 4.69) is 4.98 Å². The maximum Gasteiger partial charge on any atom is 0.332 e. The number of pyridine rings is 1. The summed E-state index contributed by atoms with van der Waals surface area (Å²) in [4.78, 5) is 13.7. The van der Waals surface area contributed by atoms with E-state index in [1.165, 1.54) is 6.07 Å². The Balaban J connectivity index is 2.67. The van der Waals surface area contributed by atoms with Crippen LogP contribution in [-0.2, 0) is 14.8 Å². The van der Waals surface area contributed by atoms with Crippen LogP contribution >= 0.6 is 0 Å². The monoisotopic (exact) mass is 278 g/mol. The molecule has 7 nitrogen and oxygen atoms in total. The number of carboxylic acids is 1. The molecular formula is C9H11FN2O5S. The van der Waals surface area contributed by atoms with Gasteiger partial charge in [-0.05, 0) is 18.6 Å². The summed E-state index contributed by atoms with van der Waals surface area (Å²) in [5.74, 6) is -2.47. The van der Waals surface area contributed by atoms with E-state index in [4.69, 9.17) is 10.2 Å². The predicted octanol–water partition coefficient (Wildman–Crippen LogP) is -0.665. The number of sulfonamides is 1. The molecule has 0 aliphatic carbocycles. The molecule has 18 heavy (non-hydrogen) atoms. The van der Waals surface area contributed by atoms with Crippen molar-refractivity contribution in [1.82, 2.24) is 9.71 Å². The number of rotatable bonds is 6. The molecule has 0 saturated heterocycles. The Kier molecular flexibility index (Phi) is 4.70. The van der Waals surface area contributed by atoms with Crippen LogP contribution in [0.5, 0.6) is 0 Å². The molecule has 1 aromatic heterocycles. The summed E-state index contributed by atoms with van der Waals surface area (Å²) >= 11 is 0. The molecular weight excluding hydrogens is 267 g/mol. The standard InChI is InChI=1S/C9H11FN2O5S/c10-6-2-1-4-11-8(6)18(16,17)12-5-3-7(13)9(14)15/h1-2,4,7,12-13H,3,5H2,(H,14,15)/t7-/m0/s1. The smallest absolute Gasteiger partial charge is 0.332 e. The van der Waals surface area contributed by atoms with Crippen molar-refractivity contribution in [2.24, 2.45) is 0 Å². The molecule has 1 atom stereocenters. The van der Waals surface area contributed by atoms with Crippen molar-refractivity contribution in [2.45, 2.75) is 17.6 Å². The van der Waals surface area contributed by atoms with Gasteiger partial charge in [-0.15, -0.1) is 0 Å². The van der Waals surface area contributed by atoms with Crippen molar-refractivity contribution in [3.05, 3.63) is 24.1 Å². The van der Waals surface area contributed by atoms with Crippen LogP contribution in [0.4, 0.5) is 4.39 Å². The van der Waals surface area contributed by atoms with Gasteiger partial charge < -0.3 is 10.2 Å². The van der Waals surface area contributed by atoms with E-state index in [1.807, 2.05) is 4.72 Å². The van der Waals surface area contributed by atoms with Gasteiger partial charge >= 0.3 is 5.97 Å². The third kappa shape index (κ3) is 3.72. The molecule has 1 heterocycles. The molecule has 0 amide bonds. The predicted molar refractivity (Wildman–Crippen MR) is 57.6 cm³/mol. The fourth-order valence-electron chi connectivity index (χ4n) is 1.09. The first-order valence-electron chi connectivity index (χ1n) is 4.85. The van der Waals surface area contributed by atoms with Gasteiger partial charge in [0.1, 0.15) is 0 Å². The van der Waals surface area contributed by atoms with Gasteiger partial charge in [-0.1, -0.05) is 0 Å². The van der Waals surface area contributed by atoms with Crippen molar-refractivity contribution in [2.75, 3.05) is 6.54 Å². The lowest BCUT2D eigenvalue weighted by molar-refractivity contribution is -0.146. The van der Waals surface area contributed by atoms with Crippen LogP contribution in [-0.4, -0.2) is 42.2 Å². The lowest BCUT2D eigenvalue weighted by atomic mass is 10.3. The fraction of sp³-hybridized carbons (Fsp3) is 0.333. The van der Waals surface area contributed by atoms with E-state index in [-0.39, 0.29) is 13.0 Å². The van der Waals surface area contributed by atoms with Crippen molar-refractivity contribution in [1.29, 1.82) is 0 Å². The van der Waals surface area contributed by atoms with Crippen molar-refractivity contribution in [3.8, 4) is 0 Å². The van der Waals surface area contributed by atoms with Crippen LogP contribution in [0.25, 0.3) is 0 Å². The fourth-order valence-corrected chi connectivity index (χ4v) is 2.14. The number of aliphatic hydroxyl groups excluding tert-OH is 1. The summed E-state index contributed by atoms with van der Waals surface area (Å²) in [6.07, 6.45) is -0.895. The number of nitrogens with one attached hydrogen (secondary N) is 1. The third-order valence-corrected chi connectivity index (χ3v) is 3.37. The van der Waals surface area contributed by atoms with Gasteiger partial charge in [0.15, 0.2) is 11.9 Å². The van der Waals surface area contributed by atoms with E-state index >= 15 is 0 Å². The van der Waals surface area contributed by atoms with Crippen LogP contribution in [0.15, 0.2) is 23.4 Å². The number of hydrogen-bond donors (Lipinski definition) is 3. The van der Waals surface area contributed by atoms with Gasteiger partial charge in [0.05, 0.1) is 0 Å². The highest BCUT2D eigenvalue weighted by Crippen LogP contribution is 2.09. The first kappa shape index (κ1) is 14.5. The highest BCUT2D eigenvalue weighted by Gasteiger charge is 2.21. The lowest BCUT2D eigenvalue weighted by Crippen LogP contribution is -2.31. The van der Waals surface area contributed by atoms with Crippen molar-refractivity contribution < 1.29 is 27.8 Å². The quantitative estimate of drug-likeness (QED) is 0.635. The first-order valence-corrected chi connectivity index (χ1v) is 6.34. The van der Waals surface area contributed by atoms with Gasteiger partial charge in [-0.25, -0.2) is 27.3 Å². The number of carboxylic acid groups (broad SMARTS) is 1. The summed E-state index contributed by atoms with van der Waals surface area (Å²) in [7, 11) is -4.15. The van der Waals surface area contributed by atoms with Gasteiger partial charge in [0.2, 0.25) is 5.03 Å².